The second-order valence-corrected chi connectivity index (χ2v) is 1.98. The quantitative estimate of drug-likeness (QED) is 0.487. The number of hydrogen-bond donors (Lipinski definition) is 0. The zero-order valence-corrected chi connectivity index (χ0v) is 5.77. The molecule has 0 spiro atoms. The Morgan fingerprint density at radius 2 is 2.00 bits per heavy atom. The van der Waals surface area contributed by atoms with Gasteiger partial charge in [0.1, 0.15) is 6.61 Å². The summed E-state index contributed by atoms with van der Waals surface area (Å²) >= 11 is 0. The Kier molecular flexibility index (Phi) is 2.43. The van der Waals surface area contributed by atoms with Gasteiger partial charge in [-0.15, -0.1) is 10.1 Å². The van der Waals surface area contributed by atoms with Crippen LogP contribution < -0.4 is 0 Å². The SMILES string of the molecule is O=[N+]([O-])OCc1ccccc1. The van der Waals surface area contributed by atoms with Crippen molar-refractivity contribution in [3.63, 3.8) is 0 Å². The van der Waals surface area contributed by atoms with Gasteiger partial charge in [-0.3, -0.25) is 0 Å². The average molecular weight is 153 g/mol. The molecule has 0 radical (unpaired) electrons. The molecule has 0 fully saturated rings. The van der Waals surface area contributed by atoms with Crippen LogP contribution in [-0.4, -0.2) is 5.09 Å². The van der Waals surface area contributed by atoms with Gasteiger partial charge in [-0.1, -0.05) is 30.3 Å². The van der Waals surface area contributed by atoms with E-state index in [2.05, 4.69) is 4.84 Å². The van der Waals surface area contributed by atoms with Crippen LogP contribution in [0, 0.1) is 10.1 Å². The molecule has 0 bridgehead atoms. The van der Waals surface area contributed by atoms with E-state index < -0.39 is 5.09 Å². The summed E-state index contributed by atoms with van der Waals surface area (Å²) in [5.74, 6) is 0. The van der Waals surface area contributed by atoms with Gasteiger partial charge in [-0.2, -0.15) is 0 Å². The highest BCUT2D eigenvalue weighted by Crippen LogP contribution is 1.99. The van der Waals surface area contributed by atoms with Gasteiger partial charge in [-0.05, 0) is 5.56 Å². The molecule has 0 amide bonds. The Morgan fingerprint density at radius 1 is 1.36 bits per heavy atom. The highest BCUT2D eigenvalue weighted by Gasteiger charge is 1.94. The van der Waals surface area contributed by atoms with Crippen molar-refractivity contribution < 1.29 is 9.92 Å². The first-order valence-corrected chi connectivity index (χ1v) is 3.10. The van der Waals surface area contributed by atoms with E-state index in [0.29, 0.717) is 0 Å². The summed E-state index contributed by atoms with van der Waals surface area (Å²) in [6.07, 6.45) is 0. The Labute approximate surface area is 63.5 Å². The lowest BCUT2D eigenvalue weighted by Gasteiger charge is -1.96. The molecule has 0 aliphatic carbocycles. The molecular formula is C7H7NO3. The fraction of sp³-hybridized carbons (Fsp3) is 0.143. The monoisotopic (exact) mass is 153 g/mol. The summed E-state index contributed by atoms with van der Waals surface area (Å²) < 4.78 is 0. The lowest BCUT2D eigenvalue weighted by molar-refractivity contribution is -0.763. The fourth-order valence-electron chi connectivity index (χ4n) is 0.701. The van der Waals surface area contributed by atoms with E-state index in [9.17, 15) is 10.1 Å². The number of nitrogens with zero attached hydrogens (tertiary/aromatic N) is 1. The van der Waals surface area contributed by atoms with E-state index in [4.69, 9.17) is 0 Å². The predicted molar refractivity (Wildman–Crippen MR) is 38.2 cm³/mol. The third kappa shape index (κ3) is 2.66. The van der Waals surface area contributed by atoms with E-state index in [1.165, 1.54) is 0 Å². The van der Waals surface area contributed by atoms with Crippen LogP contribution in [0.1, 0.15) is 5.56 Å². The Balaban J connectivity index is 2.45. The van der Waals surface area contributed by atoms with Crippen LogP contribution >= 0.6 is 0 Å². The van der Waals surface area contributed by atoms with Crippen molar-refractivity contribution in [2.24, 2.45) is 0 Å². The van der Waals surface area contributed by atoms with E-state index in [0.717, 1.165) is 5.56 Å². The summed E-state index contributed by atoms with van der Waals surface area (Å²) in [6.45, 7) is 0.0217. The van der Waals surface area contributed by atoms with Crippen LogP contribution in [0.15, 0.2) is 30.3 Å². The molecule has 0 atom stereocenters. The molecular weight excluding hydrogens is 146 g/mol. The van der Waals surface area contributed by atoms with Gasteiger partial charge in [-0.25, -0.2) is 0 Å². The van der Waals surface area contributed by atoms with Crippen molar-refractivity contribution in [3.8, 4) is 0 Å². The topological polar surface area (TPSA) is 52.4 Å². The van der Waals surface area contributed by atoms with Gasteiger partial charge in [0, 0.05) is 0 Å². The Hall–Kier alpha value is -1.58. The van der Waals surface area contributed by atoms with Crippen LogP contribution in [0.3, 0.4) is 0 Å². The Bertz CT molecular complexity index is 235. The van der Waals surface area contributed by atoms with E-state index >= 15 is 0 Å². The standard InChI is InChI=1S/C7H7NO3/c9-8(10)11-6-7-4-2-1-3-5-7/h1-5H,6H2. The number of hydrogen-bond acceptors (Lipinski definition) is 3. The summed E-state index contributed by atoms with van der Waals surface area (Å²) in [5.41, 5.74) is 0.796. The van der Waals surface area contributed by atoms with Crippen molar-refractivity contribution >= 4 is 0 Å². The molecule has 1 aromatic carbocycles. The maximum Gasteiger partial charge on any atom is 0.294 e. The van der Waals surface area contributed by atoms with Gasteiger partial charge >= 0.3 is 0 Å². The molecule has 0 N–H and O–H groups in total. The number of benzene rings is 1. The second kappa shape index (κ2) is 3.55. The third-order valence-corrected chi connectivity index (χ3v) is 1.18. The van der Waals surface area contributed by atoms with E-state index in [1.54, 1.807) is 24.3 Å². The van der Waals surface area contributed by atoms with Crippen LogP contribution in [-0.2, 0) is 11.4 Å². The molecule has 4 nitrogen and oxygen atoms in total. The van der Waals surface area contributed by atoms with Crippen molar-refractivity contribution in [1.82, 2.24) is 0 Å². The zero-order valence-electron chi connectivity index (χ0n) is 5.77. The molecule has 11 heavy (non-hydrogen) atoms. The van der Waals surface area contributed by atoms with Gasteiger partial charge in [0.15, 0.2) is 0 Å². The fourth-order valence-corrected chi connectivity index (χ4v) is 0.701. The average Bonchev–Trinajstić information content (AvgIpc) is 2.03. The molecule has 0 saturated carbocycles. The molecule has 0 aromatic heterocycles. The molecule has 1 rings (SSSR count). The minimum Gasteiger partial charge on any atom is -0.309 e. The van der Waals surface area contributed by atoms with Gasteiger partial charge in [0.05, 0.1) is 0 Å². The maximum atomic E-state index is 9.76. The maximum absolute atomic E-state index is 9.76. The van der Waals surface area contributed by atoms with Crippen molar-refractivity contribution in [2.75, 3.05) is 0 Å². The highest BCUT2D eigenvalue weighted by molar-refractivity contribution is 5.13. The summed E-state index contributed by atoms with van der Waals surface area (Å²) in [6, 6.07) is 8.99. The van der Waals surface area contributed by atoms with Crippen LogP contribution in [0.4, 0.5) is 0 Å². The molecule has 0 heterocycles. The van der Waals surface area contributed by atoms with Gasteiger partial charge < -0.3 is 4.84 Å². The highest BCUT2D eigenvalue weighted by atomic mass is 16.9. The first-order valence-electron chi connectivity index (χ1n) is 3.10. The Morgan fingerprint density at radius 3 is 2.55 bits per heavy atom. The summed E-state index contributed by atoms with van der Waals surface area (Å²) in [7, 11) is 0. The smallest absolute Gasteiger partial charge is 0.294 e. The molecule has 58 valence electrons. The molecule has 1 aromatic rings. The summed E-state index contributed by atoms with van der Waals surface area (Å²) in [5, 5.41) is 8.96. The van der Waals surface area contributed by atoms with E-state index in [1.807, 2.05) is 6.07 Å². The third-order valence-electron chi connectivity index (χ3n) is 1.18. The van der Waals surface area contributed by atoms with Crippen molar-refractivity contribution in [2.45, 2.75) is 6.61 Å². The predicted octanol–water partition coefficient (Wildman–Crippen LogP) is 1.39. The van der Waals surface area contributed by atoms with Crippen LogP contribution in [0.2, 0.25) is 0 Å². The van der Waals surface area contributed by atoms with E-state index in [-0.39, 0.29) is 6.61 Å². The second-order valence-electron chi connectivity index (χ2n) is 1.98. The molecule has 0 aliphatic rings. The molecule has 0 aliphatic heterocycles. The first-order chi connectivity index (χ1) is 5.29. The minimum absolute atomic E-state index is 0.0217. The number of rotatable bonds is 3. The lowest BCUT2D eigenvalue weighted by atomic mass is 10.2. The molecule has 0 saturated heterocycles. The molecule has 0 unspecified atom stereocenters. The van der Waals surface area contributed by atoms with Crippen molar-refractivity contribution in [1.29, 1.82) is 0 Å². The largest absolute Gasteiger partial charge is 0.309 e. The minimum atomic E-state index is -0.799. The van der Waals surface area contributed by atoms with Gasteiger partial charge in [0.2, 0.25) is 0 Å². The normalized spacial score (nSPS) is 9.09. The molecule has 4 heteroatoms. The van der Waals surface area contributed by atoms with Gasteiger partial charge in [0.25, 0.3) is 5.09 Å². The first kappa shape index (κ1) is 7.53. The van der Waals surface area contributed by atoms with Crippen LogP contribution in [0.25, 0.3) is 0 Å². The lowest BCUT2D eigenvalue weighted by Crippen LogP contribution is -1.99. The van der Waals surface area contributed by atoms with Crippen LogP contribution in [0.5, 0.6) is 0 Å². The zero-order chi connectivity index (χ0) is 8.10. The summed E-state index contributed by atoms with van der Waals surface area (Å²) in [4.78, 5) is 13.9. The van der Waals surface area contributed by atoms with Crippen molar-refractivity contribution in [3.05, 3.63) is 46.0 Å².